The minimum Gasteiger partial charge on any atom is -0.325 e. The number of nitrogens with zero attached hydrogens (tertiary/aromatic N) is 4. The van der Waals surface area contributed by atoms with Gasteiger partial charge in [-0.15, -0.1) is 13.2 Å². The monoisotopic (exact) mass is 425 g/mol. The molecule has 1 aliphatic heterocycles. The van der Waals surface area contributed by atoms with Crippen LogP contribution in [-0.4, -0.2) is 32.1 Å². The van der Waals surface area contributed by atoms with Crippen LogP contribution in [0.3, 0.4) is 0 Å². The second-order valence-electron chi connectivity index (χ2n) is 7.04. The van der Waals surface area contributed by atoms with Gasteiger partial charge in [0, 0.05) is 24.8 Å². The molecule has 0 spiro atoms. The van der Waals surface area contributed by atoms with Gasteiger partial charge in [0.2, 0.25) is 11.8 Å². The summed E-state index contributed by atoms with van der Waals surface area (Å²) in [5.74, 6) is -0.658. The summed E-state index contributed by atoms with van der Waals surface area (Å²) in [5, 5.41) is 2.66. The fourth-order valence-electron chi connectivity index (χ4n) is 3.54. The number of hydrogen-bond acceptors (Lipinski definition) is 5. The van der Waals surface area contributed by atoms with Gasteiger partial charge >= 0.3 is 17.1 Å². The van der Waals surface area contributed by atoms with E-state index in [4.69, 9.17) is 0 Å². The molecule has 10 nitrogen and oxygen atoms in total. The zero-order valence-electron chi connectivity index (χ0n) is 17.2. The molecular weight excluding hydrogens is 402 g/mol. The van der Waals surface area contributed by atoms with Gasteiger partial charge in [-0.1, -0.05) is 12.2 Å². The third-order valence-corrected chi connectivity index (χ3v) is 4.95. The average molecular weight is 425 g/mol. The second kappa shape index (κ2) is 8.82. The number of allylic oxidation sites excluding steroid dienone is 2. The van der Waals surface area contributed by atoms with Gasteiger partial charge in [-0.25, -0.2) is 28.1 Å². The molecule has 2 aromatic rings. The molecule has 0 radical (unpaired) electrons. The molecule has 1 aromatic heterocycles. The van der Waals surface area contributed by atoms with Gasteiger partial charge in [-0.05, 0) is 30.2 Å². The van der Waals surface area contributed by atoms with Crippen LogP contribution in [-0.2, 0) is 35.6 Å². The van der Waals surface area contributed by atoms with E-state index in [1.165, 1.54) is 19.1 Å². The van der Waals surface area contributed by atoms with E-state index >= 15 is 0 Å². The van der Waals surface area contributed by atoms with E-state index < -0.39 is 29.5 Å². The lowest BCUT2D eigenvalue weighted by Gasteiger charge is -2.15. The van der Waals surface area contributed by atoms with Gasteiger partial charge in [0.05, 0.1) is 13.1 Å². The molecule has 31 heavy (non-hydrogen) atoms. The molecular formula is C21H23N5O5. The van der Waals surface area contributed by atoms with Crippen LogP contribution in [0.4, 0.5) is 11.4 Å². The van der Waals surface area contributed by atoms with Crippen molar-refractivity contribution in [2.24, 2.45) is 0 Å². The van der Waals surface area contributed by atoms with Crippen molar-refractivity contribution in [3.63, 3.8) is 0 Å². The van der Waals surface area contributed by atoms with Gasteiger partial charge in [-0.3, -0.25) is 9.59 Å². The molecule has 0 fully saturated rings. The first-order valence-corrected chi connectivity index (χ1v) is 9.65. The van der Waals surface area contributed by atoms with Crippen LogP contribution in [0.1, 0.15) is 12.5 Å². The normalized spacial score (nSPS) is 12.4. The molecule has 2 amide bonds. The van der Waals surface area contributed by atoms with E-state index in [0.29, 0.717) is 23.2 Å². The highest BCUT2D eigenvalue weighted by Crippen LogP contribution is 2.30. The minimum absolute atomic E-state index is 0.0552. The fourth-order valence-corrected chi connectivity index (χ4v) is 3.54. The zero-order valence-corrected chi connectivity index (χ0v) is 17.2. The molecule has 0 aliphatic carbocycles. The van der Waals surface area contributed by atoms with Crippen molar-refractivity contribution in [3.05, 3.63) is 80.5 Å². The third kappa shape index (κ3) is 4.18. The van der Waals surface area contributed by atoms with Crippen molar-refractivity contribution in [1.29, 1.82) is 0 Å². The first-order chi connectivity index (χ1) is 14.8. The predicted molar refractivity (Wildman–Crippen MR) is 116 cm³/mol. The SMILES string of the molecule is C=CCn1c(=O)n(CC=C)c(=O)n(CC(=O)Nc2ccc3c(c2)CCN3C(C)=O)c1=O. The highest BCUT2D eigenvalue weighted by atomic mass is 16.2. The van der Waals surface area contributed by atoms with Crippen molar-refractivity contribution in [1.82, 2.24) is 13.7 Å². The summed E-state index contributed by atoms with van der Waals surface area (Å²) in [4.78, 5) is 63.5. The maximum Gasteiger partial charge on any atom is 0.337 e. The van der Waals surface area contributed by atoms with E-state index in [1.54, 1.807) is 23.1 Å². The summed E-state index contributed by atoms with van der Waals surface area (Å²) < 4.78 is 2.36. The van der Waals surface area contributed by atoms with Crippen LogP contribution in [0.2, 0.25) is 0 Å². The summed E-state index contributed by atoms with van der Waals surface area (Å²) in [6, 6.07) is 5.15. The fraction of sp³-hybridized carbons (Fsp3) is 0.286. The van der Waals surface area contributed by atoms with Crippen LogP contribution >= 0.6 is 0 Å². The molecule has 0 saturated carbocycles. The van der Waals surface area contributed by atoms with Crippen molar-refractivity contribution in [2.75, 3.05) is 16.8 Å². The number of anilines is 2. The van der Waals surface area contributed by atoms with Crippen LogP contribution in [0.25, 0.3) is 0 Å². The van der Waals surface area contributed by atoms with Gasteiger partial charge in [0.15, 0.2) is 0 Å². The number of amides is 2. The van der Waals surface area contributed by atoms with Gasteiger partial charge in [0.1, 0.15) is 6.54 Å². The molecule has 0 atom stereocenters. The molecule has 1 aliphatic rings. The summed E-state index contributed by atoms with van der Waals surface area (Å²) >= 11 is 0. The number of fused-ring (bicyclic) bond motifs is 1. The van der Waals surface area contributed by atoms with E-state index in [9.17, 15) is 24.0 Å². The largest absolute Gasteiger partial charge is 0.337 e. The van der Waals surface area contributed by atoms with E-state index in [0.717, 1.165) is 20.4 Å². The van der Waals surface area contributed by atoms with Crippen LogP contribution in [0.15, 0.2) is 57.9 Å². The number of nitrogens with one attached hydrogen (secondary N) is 1. The Bertz CT molecular complexity index is 1200. The maximum atomic E-state index is 12.6. The summed E-state index contributed by atoms with van der Waals surface area (Å²) in [5.41, 5.74) is -0.385. The van der Waals surface area contributed by atoms with Crippen LogP contribution < -0.4 is 27.3 Å². The van der Waals surface area contributed by atoms with Gasteiger partial charge < -0.3 is 10.2 Å². The number of aromatic nitrogens is 3. The average Bonchev–Trinajstić information content (AvgIpc) is 3.15. The second-order valence-corrected chi connectivity index (χ2v) is 7.04. The molecule has 1 aromatic carbocycles. The molecule has 1 N–H and O–H groups in total. The van der Waals surface area contributed by atoms with E-state index in [1.807, 2.05) is 0 Å². The third-order valence-electron chi connectivity index (χ3n) is 4.95. The number of rotatable bonds is 7. The maximum absolute atomic E-state index is 12.6. The van der Waals surface area contributed by atoms with Crippen molar-refractivity contribution >= 4 is 23.2 Å². The molecule has 0 saturated heterocycles. The zero-order chi connectivity index (χ0) is 22.7. The topological polar surface area (TPSA) is 115 Å². The Morgan fingerprint density at radius 1 is 1.00 bits per heavy atom. The van der Waals surface area contributed by atoms with Crippen LogP contribution in [0.5, 0.6) is 0 Å². The summed E-state index contributed by atoms with van der Waals surface area (Å²) in [6.45, 7) is 8.31. The quantitative estimate of drug-likeness (QED) is 0.632. The molecule has 3 rings (SSSR count). The number of hydrogen-bond donors (Lipinski definition) is 1. The lowest BCUT2D eigenvalue weighted by Crippen LogP contribution is -2.55. The standard InChI is InChI=1S/C21H23N5O5/c1-4-9-24-19(29)25(10-5-2)21(31)26(20(24)30)13-18(28)22-16-6-7-17-15(12-16)8-11-23(17)14(3)27/h4-7,12H,1-2,8-11,13H2,3H3,(H,22,28). The van der Waals surface area contributed by atoms with Crippen molar-refractivity contribution in [3.8, 4) is 0 Å². The number of carbonyl (C=O) groups is 2. The van der Waals surface area contributed by atoms with Crippen molar-refractivity contribution in [2.45, 2.75) is 33.0 Å². The Hall–Kier alpha value is -3.95. The summed E-state index contributed by atoms with van der Waals surface area (Å²) in [6.07, 6.45) is 3.37. The highest BCUT2D eigenvalue weighted by molar-refractivity contribution is 5.95. The predicted octanol–water partition coefficient (Wildman–Crippen LogP) is 0.0914. The molecule has 2 heterocycles. The highest BCUT2D eigenvalue weighted by Gasteiger charge is 2.22. The first kappa shape index (κ1) is 21.8. The molecule has 162 valence electrons. The van der Waals surface area contributed by atoms with Gasteiger partial charge in [0.25, 0.3) is 0 Å². The Kier molecular flexibility index (Phi) is 6.19. The Balaban J connectivity index is 1.89. The molecule has 10 heteroatoms. The Morgan fingerprint density at radius 3 is 2.13 bits per heavy atom. The minimum atomic E-state index is -0.892. The number of carbonyl (C=O) groups excluding carboxylic acids is 2. The smallest absolute Gasteiger partial charge is 0.325 e. The van der Waals surface area contributed by atoms with Gasteiger partial charge in [-0.2, -0.15) is 0 Å². The lowest BCUT2D eigenvalue weighted by atomic mass is 10.1. The number of benzene rings is 1. The first-order valence-electron chi connectivity index (χ1n) is 9.65. The Labute approximate surface area is 177 Å². The lowest BCUT2D eigenvalue weighted by molar-refractivity contribution is -0.117. The molecule has 0 unspecified atom stereocenters. The van der Waals surface area contributed by atoms with E-state index in [2.05, 4.69) is 18.5 Å². The van der Waals surface area contributed by atoms with Crippen LogP contribution in [0, 0.1) is 0 Å². The molecule has 0 bridgehead atoms. The Morgan fingerprint density at radius 2 is 1.58 bits per heavy atom. The van der Waals surface area contributed by atoms with Crippen molar-refractivity contribution < 1.29 is 9.59 Å². The summed E-state index contributed by atoms with van der Waals surface area (Å²) in [7, 11) is 0. The van der Waals surface area contributed by atoms with E-state index in [-0.39, 0.29) is 19.0 Å².